The molecule has 6 heteroatoms. The summed E-state index contributed by atoms with van der Waals surface area (Å²) in [4.78, 5) is 24.0. The van der Waals surface area contributed by atoms with Gasteiger partial charge in [-0.1, -0.05) is 6.07 Å². The molecular formula is C14H18FNO4. The van der Waals surface area contributed by atoms with Crippen LogP contribution in [-0.2, 0) is 15.1 Å². The molecule has 0 spiro atoms. The molecule has 0 bridgehead atoms. The van der Waals surface area contributed by atoms with E-state index in [1.807, 2.05) is 0 Å². The number of ether oxygens (including phenoxy) is 1. The lowest BCUT2D eigenvalue weighted by Crippen LogP contribution is -2.52. The third-order valence-electron chi connectivity index (χ3n) is 3.32. The summed E-state index contributed by atoms with van der Waals surface area (Å²) in [6.07, 6.45) is 0.459. The molecule has 0 aliphatic rings. The molecule has 0 saturated heterocycles. The number of methoxy groups -OCH3 is 1. The van der Waals surface area contributed by atoms with Gasteiger partial charge in [0.1, 0.15) is 0 Å². The third kappa shape index (κ3) is 2.59. The van der Waals surface area contributed by atoms with E-state index < -0.39 is 17.3 Å². The van der Waals surface area contributed by atoms with Crippen molar-refractivity contribution in [3.05, 3.63) is 29.6 Å². The highest BCUT2D eigenvalue weighted by molar-refractivity contribution is 5.83. The summed E-state index contributed by atoms with van der Waals surface area (Å²) in [7, 11) is 1.32. The maximum Gasteiger partial charge on any atom is 0.334 e. The highest BCUT2D eigenvalue weighted by Gasteiger charge is 2.42. The van der Waals surface area contributed by atoms with Crippen molar-refractivity contribution in [2.45, 2.75) is 32.4 Å². The molecule has 0 aliphatic heterocycles. The number of hydrogen-bond donors (Lipinski definition) is 1. The van der Waals surface area contributed by atoms with Crippen LogP contribution in [0.15, 0.2) is 18.2 Å². The Morgan fingerprint density at radius 1 is 1.50 bits per heavy atom. The van der Waals surface area contributed by atoms with Crippen molar-refractivity contribution in [1.29, 1.82) is 0 Å². The predicted molar refractivity (Wildman–Crippen MR) is 71.0 cm³/mol. The first-order chi connectivity index (χ1) is 9.28. The van der Waals surface area contributed by atoms with Crippen LogP contribution in [0.25, 0.3) is 0 Å². The van der Waals surface area contributed by atoms with Crippen LogP contribution < -0.4 is 4.74 Å². The summed E-state index contributed by atoms with van der Waals surface area (Å²) in [5.41, 5.74) is -1.48. The molecule has 1 rings (SSSR count). The number of benzene rings is 1. The van der Waals surface area contributed by atoms with Gasteiger partial charge >= 0.3 is 5.97 Å². The Labute approximate surface area is 117 Å². The number of aliphatic carboxylic acids is 1. The monoisotopic (exact) mass is 283 g/mol. The topological polar surface area (TPSA) is 66.8 Å². The van der Waals surface area contributed by atoms with E-state index in [0.29, 0.717) is 6.41 Å². The van der Waals surface area contributed by atoms with E-state index in [-0.39, 0.29) is 17.4 Å². The lowest BCUT2D eigenvalue weighted by atomic mass is 9.89. The second-order valence-electron chi connectivity index (χ2n) is 4.83. The molecule has 5 nitrogen and oxygen atoms in total. The van der Waals surface area contributed by atoms with Gasteiger partial charge in [0.05, 0.1) is 7.11 Å². The molecule has 0 fully saturated rings. The number of amides is 1. The number of carbonyl (C=O) groups excluding carboxylic acids is 1. The Balaban J connectivity index is 3.43. The standard InChI is InChI=1S/C14H18FNO4/c1-9(2)16(8-17)14(3,13(18)19)10-5-6-12(20-4)11(15)7-10/h5-9H,1-4H3,(H,18,19). The van der Waals surface area contributed by atoms with Crippen LogP contribution in [-0.4, -0.2) is 35.5 Å². The number of rotatable bonds is 6. The molecule has 1 atom stereocenters. The van der Waals surface area contributed by atoms with E-state index in [1.165, 1.54) is 26.2 Å². The average Bonchev–Trinajstić information content (AvgIpc) is 2.38. The summed E-state index contributed by atoms with van der Waals surface area (Å²) >= 11 is 0. The van der Waals surface area contributed by atoms with Crippen LogP contribution in [0.3, 0.4) is 0 Å². The molecule has 1 N–H and O–H groups in total. The maximum atomic E-state index is 13.8. The maximum absolute atomic E-state index is 13.8. The zero-order valence-electron chi connectivity index (χ0n) is 11.9. The first-order valence-electron chi connectivity index (χ1n) is 6.10. The number of nitrogens with zero attached hydrogens (tertiary/aromatic N) is 1. The van der Waals surface area contributed by atoms with Gasteiger partial charge in [0, 0.05) is 6.04 Å². The first kappa shape index (κ1) is 15.9. The van der Waals surface area contributed by atoms with E-state index in [4.69, 9.17) is 4.74 Å². The van der Waals surface area contributed by atoms with E-state index >= 15 is 0 Å². The second-order valence-corrected chi connectivity index (χ2v) is 4.83. The zero-order chi connectivity index (χ0) is 15.5. The van der Waals surface area contributed by atoms with Gasteiger partial charge in [-0.2, -0.15) is 0 Å². The zero-order valence-corrected chi connectivity index (χ0v) is 11.9. The van der Waals surface area contributed by atoms with E-state index in [1.54, 1.807) is 13.8 Å². The van der Waals surface area contributed by atoms with Crippen LogP contribution in [0, 0.1) is 5.82 Å². The number of halogens is 1. The van der Waals surface area contributed by atoms with Crippen molar-refractivity contribution < 1.29 is 23.8 Å². The summed E-state index contributed by atoms with van der Waals surface area (Å²) in [6, 6.07) is 3.51. The second kappa shape index (κ2) is 5.90. The van der Waals surface area contributed by atoms with Gasteiger partial charge in [0.15, 0.2) is 17.1 Å². The van der Waals surface area contributed by atoms with Crippen molar-refractivity contribution >= 4 is 12.4 Å². The minimum atomic E-state index is -1.65. The molecule has 1 amide bonds. The van der Waals surface area contributed by atoms with Crippen molar-refractivity contribution in [2.24, 2.45) is 0 Å². The normalized spacial score (nSPS) is 13.7. The lowest BCUT2D eigenvalue weighted by Gasteiger charge is -2.38. The van der Waals surface area contributed by atoms with Crippen LogP contribution in [0.5, 0.6) is 5.75 Å². The van der Waals surface area contributed by atoms with Crippen molar-refractivity contribution in [3.63, 3.8) is 0 Å². The predicted octanol–water partition coefficient (Wildman–Crippen LogP) is 2.00. The first-order valence-corrected chi connectivity index (χ1v) is 6.10. The van der Waals surface area contributed by atoms with Crippen molar-refractivity contribution in [3.8, 4) is 5.75 Å². The van der Waals surface area contributed by atoms with Crippen LogP contribution in [0.1, 0.15) is 26.3 Å². The Morgan fingerprint density at radius 3 is 2.45 bits per heavy atom. The van der Waals surface area contributed by atoms with Gasteiger partial charge in [0.2, 0.25) is 6.41 Å². The fraction of sp³-hybridized carbons (Fsp3) is 0.429. The fourth-order valence-electron chi connectivity index (χ4n) is 2.10. The minimum absolute atomic E-state index is 0.0173. The quantitative estimate of drug-likeness (QED) is 0.811. The van der Waals surface area contributed by atoms with Gasteiger partial charge in [0.25, 0.3) is 0 Å². The number of carbonyl (C=O) groups is 2. The Hall–Kier alpha value is -2.11. The Morgan fingerprint density at radius 2 is 2.10 bits per heavy atom. The van der Waals surface area contributed by atoms with Gasteiger partial charge in [-0.25, -0.2) is 9.18 Å². The highest BCUT2D eigenvalue weighted by atomic mass is 19.1. The Bertz CT molecular complexity index is 518. The molecular weight excluding hydrogens is 265 g/mol. The summed E-state index contributed by atoms with van der Waals surface area (Å²) in [5.74, 6) is -1.89. The molecule has 1 aromatic carbocycles. The number of carboxylic acids is 1. The van der Waals surface area contributed by atoms with Crippen molar-refractivity contribution in [2.75, 3.05) is 7.11 Å². The molecule has 1 aromatic rings. The van der Waals surface area contributed by atoms with Gasteiger partial charge in [-0.3, -0.25) is 4.79 Å². The average molecular weight is 283 g/mol. The van der Waals surface area contributed by atoms with Crippen LogP contribution in [0.4, 0.5) is 4.39 Å². The number of carboxylic acid groups (broad SMARTS) is 1. The lowest BCUT2D eigenvalue weighted by molar-refractivity contribution is -0.156. The molecule has 0 heterocycles. The smallest absolute Gasteiger partial charge is 0.334 e. The molecule has 1 unspecified atom stereocenters. The SMILES string of the molecule is COc1ccc(C(C)(C(=O)O)N(C=O)C(C)C)cc1F. The van der Waals surface area contributed by atoms with E-state index in [2.05, 4.69) is 0 Å². The van der Waals surface area contributed by atoms with E-state index in [9.17, 15) is 19.1 Å². The summed E-state index contributed by atoms with van der Waals surface area (Å²) < 4.78 is 18.6. The highest BCUT2D eigenvalue weighted by Crippen LogP contribution is 2.32. The molecule has 110 valence electrons. The largest absolute Gasteiger partial charge is 0.494 e. The van der Waals surface area contributed by atoms with Gasteiger partial charge in [-0.05, 0) is 38.5 Å². The molecule has 0 aliphatic carbocycles. The van der Waals surface area contributed by atoms with Crippen LogP contribution in [0.2, 0.25) is 0 Å². The molecule has 0 radical (unpaired) electrons. The summed E-state index contributed by atoms with van der Waals surface area (Å²) in [5, 5.41) is 9.50. The minimum Gasteiger partial charge on any atom is -0.494 e. The van der Waals surface area contributed by atoms with E-state index in [0.717, 1.165) is 11.0 Å². The van der Waals surface area contributed by atoms with Crippen molar-refractivity contribution in [1.82, 2.24) is 4.90 Å². The Kier molecular flexibility index (Phi) is 4.70. The summed E-state index contributed by atoms with van der Waals surface area (Å²) in [6.45, 7) is 4.75. The molecule has 0 aromatic heterocycles. The van der Waals surface area contributed by atoms with Crippen LogP contribution >= 0.6 is 0 Å². The van der Waals surface area contributed by atoms with Gasteiger partial charge in [-0.15, -0.1) is 0 Å². The molecule has 0 saturated carbocycles. The molecule has 20 heavy (non-hydrogen) atoms. The van der Waals surface area contributed by atoms with Gasteiger partial charge < -0.3 is 14.7 Å². The number of hydrogen-bond acceptors (Lipinski definition) is 3. The third-order valence-corrected chi connectivity index (χ3v) is 3.32. The fourth-order valence-corrected chi connectivity index (χ4v) is 2.10.